The van der Waals surface area contributed by atoms with Crippen molar-refractivity contribution in [2.45, 2.75) is 51.4 Å². The van der Waals surface area contributed by atoms with Gasteiger partial charge in [-0.15, -0.1) is 0 Å². The van der Waals surface area contributed by atoms with E-state index in [0.29, 0.717) is 0 Å². The lowest BCUT2D eigenvalue weighted by Gasteiger charge is -2.27. The Labute approximate surface area is 121 Å². The molecule has 0 unspecified atom stereocenters. The van der Waals surface area contributed by atoms with E-state index in [1.165, 1.54) is 56.9 Å². The summed E-state index contributed by atoms with van der Waals surface area (Å²) < 4.78 is 0. The van der Waals surface area contributed by atoms with Crippen molar-refractivity contribution in [2.75, 3.05) is 0 Å². The van der Waals surface area contributed by atoms with E-state index in [-0.39, 0.29) is 0 Å². The van der Waals surface area contributed by atoms with Crippen molar-refractivity contribution in [3.8, 4) is 11.1 Å². The molecule has 20 heavy (non-hydrogen) atoms. The summed E-state index contributed by atoms with van der Waals surface area (Å²) in [6.45, 7) is 0. The maximum Gasteiger partial charge on any atom is -0.0114 e. The van der Waals surface area contributed by atoms with Gasteiger partial charge in [0.05, 0.1) is 0 Å². The number of fused-ring (bicyclic) bond motifs is 2. The normalized spacial score (nSPS) is 17.4. The molecule has 0 nitrogen and oxygen atoms in total. The fraction of sp³-hybridized carbons (Fsp3) is 0.400. The average molecular weight is 262 g/mol. The van der Waals surface area contributed by atoms with Crippen molar-refractivity contribution in [3.05, 3.63) is 58.7 Å². The number of hydrogen-bond acceptors (Lipinski definition) is 0. The fourth-order valence-corrected chi connectivity index (χ4v) is 4.09. The zero-order valence-corrected chi connectivity index (χ0v) is 12.1. The molecule has 0 bridgehead atoms. The van der Waals surface area contributed by atoms with Crippen molar-refractivity contribution in [3.63, 3.8) is 0 Å². The summed E-state index contributed by atoms with van der Waals surface area (Å²) in [5, 5.41) is 0. The third-order valence-electron chi connectivity index (χ3n) is 5.04. The van der Waals surface area contributed by atoms with Gasteiger partial charge in [-0.05, 0) is 84.7 Å². The first kappa shape index (κ1) is 12.2. The molecule has 0 saturated heterocycles. The van der Waals surface area contributed by atoms with Gasteiger partial charge in [0.1, 0.15) is 0 Å². The smallest absolute Gasteiger partial charge is 0.0114 e. The Morgan fingerprint density at radius 3 is 1.75 bits per heavy atom. The third kappa shape index (κ3) is 1.98. The van der Waals surface area contributed by atoms with E-state index in [9.17, 15) is 0 Å². The molecule has 0 aliphatic heterocycles. The van der Waals surface area contributed by atoms with E-state index in [1.807, 2.05) is 0 Å². The number of aryl methyl sites for hydroxylation is 2. The molecule has 0 heteroatoms. The van der Waals surface area contributed by atoms with Crippen molar-refractivity contribution in [1.29, 1.82) is 0 Å². The lowest BCUT2D eigenvalue weighted by atomic mass is 9.77. The second-order valence-corrected chi connectivity index (χ2v) is 6.31. The lowest BCUT2D eigenvalue weighted by molar-refractivity contribution is 0.660. The van der Waals surface area contributed by atoms with E-state index in [1.54, 1.807) is 27.8 Å². The van der Waals surface area contributed by atoms with Gasteiger partial charge in [-0.25, -0.2) is 0 Å². The van der Waals surface area contributed by atoms with Crippen LogP contribution in [-0.4, -0.2) is 0 Å². The predicted octanol–water partition coefficient (Wildman–Crippen LogP) is 5.11. The third-order valence-corrected chi connectivity index (χ3v) is 5.04. The average Bonchev–Trinajstić information content (AvgIpc) is 2.53. The molecule has 0 radical (unpaired) electrons. The largest absolute Gasteiger partial charge is 0.0622 e. The van der Waals surface area contributed by atoms with Crippen LogP contribution in [-0.2, 0) is 25.7 Å². The minimum atomic E-state index is 1.28. The van der Waals surface area contributed by atoms with Crippen LogP contribution < -0.4 is 0 Å². The van der Waals surface area contributed by atoms with Crippen LogP contribution in [0, 0.1) is 0 Å². The van der Waals surface area contributed by atoms with Crippen molar-refractivity contribution in [1.82, 2.24) is 0 Å². The van der Waals surface area contributed by atoms with Crippen LogP contribution in [0.4, 0.5) is 0 Å². The minimum Gasteiger partial charge on any atom is -0.0622 e. The highest BCUT2D eigenvalue weighted by Crippen LogP contribution is 2.39. The molecule has 0 N–H and O–H groups in total. The van der Waals surface area contributed by atoms with Crippen LogP contribution in [0.3, 0.4) is 0 Å². The molecule has 102 valence electrons. The second-order valence-electron chi connectivity index (χ2n) is 6.31. The first-order valence-corrected chi connectivity index (χ1v) is 8.15. The maximum atomic E-state index is 2.55. The highest BCUT2D eigenvalue weighted by atomic mass is 14.3. The standard InChI is InChI=1S/C20H22/c1-2-8-15(9-3-1)20-18-12-6-4-10-16(18)14-17-11-5-7-13-19(17)20/h1-3,8-9,14H,4-7,10-13H2. The van der Waals surface area contributed by atoms with Crippen molar-refractivity contribution in [2.24, 2.45) is 0 Å². The summed E-state index contributed by atoms with van der Waals surface area (Å²) in [5.74, 6) is 0. The van der Waals surface area contributed by atoms with E-state index >= 15 is 0 Å². The Balaban J connectivity index is 1.98. The van der Waals surface area contributed by atoms with E-state index in [2.05, 4.69) is 36.4 Å². The molecule has 0 amide bonds. The molecule has 4 rings (SSSR count). The quantitative estimate of drug-likeness (QED) is 0.670. The van der Waals surface area contributed by atoms with Crippen molar-refractivity contribution >= 4 is 0 Å². The Morgan fingerprint density at radius 1 is 0.600 bits per heavy atom. The van der Waals surface area contributed by atoms with Crippen LogP contribution >= 0.6 is 0 Å². The highest BCUT2D eigenvalue weighted by molar-refractivity contribution is 5.74. The SMILES string of the molecule is c1ccc(-c2c3c(cc4c2CCCC4)CCCC3)cc1. The molecule has 2 aromatic rings. The molecular weight excluding hydrogens is 240 g/mol. The second kappa shape index (κ2) is 5.09. The molecule has 2 aromatic carbocycles. The molecule has 0 aromatic heterocycles. The van der Waals surface area contributed by atoms with Gasteiger partial charge in [-0.1, -0.05) is 36.4 Å². The van der Waals surface area contributed by atoms with E-state index in [4.69, 9.17) is 0 Å². The van der Waals surface area contributed by atoms with Gasteiger partial charge in [0.2, 0.25) is 0 Å². The van der Waals surface area contributed by atoms with Gasteiger partial charge in [0.25, 0.3) is 0 Å². The zero-order chi connectivity index (χ0) is 13.4. The highest BCUT2D eigenvalue weighted by Gasteiger charge is 2.22. The molecule has 0 saturated carbocycles. The Hall–Kier alpha value is -1.56. The van der Waals surface area contributed by atoms with Crippen LogP contribution in [0.15, 0.2) is 36.4 Å². The summed E-state index contributed by atoms with van der Waals surface area (Å²) >= 11 is 0. The predicted molar refractivity (Wildman–Crippen MR) is 85.2 cm³/mol. The van der Waals surface area contributed by atoms with Gasteiger partial charge in [-0.3, -0.25) is 0 Å². The van der Waals surface area contributed by atoms with Crippen LogP contribution in [0.2, 0.25) is 0 Å². The molecular formula is C20H22. The Kier molecular flexibility index (Phi) is 3.10. The number of hydrogen-bond donors (Lipinski definition) is 0. The molecule has 2 aliphatic carbocycles. The van der Waals surface area contributed by atoms with Crippen molar-refractivity contribution < 1.29 is 0 Å². The monoisotopic (exact) mass is 262 g/mol. The molecule has 0 atom stereocenters. The lowest BCUT2D eigenvalue weighted by Crippen LogP contribution is -2.12. The Morgan fingerprint density at radius 2 is 1.15 bits per heavy atom. The zero-order valence-electron chi connectivity index (χ0n) is 12.1. The topological polar surface area (TPSA) is 0 Å². The minimum absolute atomic E-state index is 1.28. The summed E-state index contributed by atoms with van der Waals surface area (Å²) in [6.07, 6.45) is 10.6. The van der Waals surface area contributed by atoms with Crippen LogP contribution in [0.25, 0.3) is 11.1 Å². The number of rotatable bonds is 1. The van der Waals surface area contributed by atoms with Gasteiger partial charge in [0, 0.05) is 0 Å². The van der Waals surface area contributed by atoms with Gasteiger partial charge < -0.3 is 0 Å². The fourth-order valence-electron chi connectivity index (χ4n) is 4.09. The summed E-state index contributed by atoms with van der Waals surface area (Å²) in [4.78, 5) is 0. The van der Waals surface area contributed by atoms with E-state index < -0.39 is 0 Å². The van der Waals surface area contributed by atoms with Crippen LogP contribution in [0.1, 0.15) is 47.9 Å². The maximum absolute atomic E-state index is 2.55. The summed E-state index contributed by atoms with van der Waals surface area (Å²) in [5.41, 5.74) is 9.69. The molecule has 2 aliphatic rings. The van der Waals surface area contributed by atoms with Gasteiger partial charge in [-0.2, -0.15) is 0 Å². The first-order valence-electron chi connectivity index (χ1n) is 8.15. The molecule has 0 heterocycles. The summed E-state index contributed by atoms with van der Waals surface area (Å²) in [6, 6.07) is 13.7. The molecule has 0 fully saturated rings. The van der Waals surface area contributed by atoms with E-state index in [0.717, 1.165) is 0 Å². The molecule has 0 spiro atoms. The van der Waals surface area contributed by atoms with Crippen LogP contribution in [0.5, 0.6) is 0 Å². The summed E-state index contributed by atoms with van der Waals surface area (Å²) in [7, 11) is 0. The Bertz CT molecular complexity index is 588. The van der Waals surface area contributed by atoms with Gasteiger partial charge >= 0.3 is 0 Å². The number of benzene rings is 2. The van der Waals surface area contributed by atoms with Gasteiger partial charge in [0.15, 0.2) is 0 Å². The first-order chi connectivity index (χ1) is 9.93.